The van der Waals surface area contributed by atoms with Crippen molar-refractivity contribution in [1.82, 2.24) is 15.8 Å². The Morgan fingerprint density at radius 3 is 2.86 bits per heavy atom. The molecule has 2 N–H and O–H groups in total. The number of benzene rings is 1. The Morgan fingerprint density at radius 2 is 2.19 bits per heavy atom. The van der Waals surface area contributed by atoms with Gasteiger partial charge in [0.15, 0.2) is 5.96 Å². The normalized spacial score (nSPS) is 11.5. The Labute approximate surface area is 123 Å². The molecule has 0 bridgehead atoms. The number of halogens is 1. The fourth-order valence-corrected chi connectivity index (χ4v) is 1.98. The molecule has 0 aliphatic carbocycles. The van der Waals surface area contributed by atoms with Gasteiger partial charge in [-0.25, -0.2) is 4.39 Å². The monoisotopic (exact) mass is 290 g/mol. The van der Waals surface area contributed by atoms with Gasteiger partial charge < -0.3 is 15.2 Å². The summed E-state index contributed by atoms with van der Waals surface area (Å²) in [5.74, 6) is 0.493. The summed E-state index contributed by atoms with van der Waals surface area (Å²) >= 11 is 0. The van der Waals surface area contributed by atoms with Gasteiger partial charge in [0.25, 0.3) is 0 Å². The van der Waals surface area contributed by atoms with Gasteiger partial charge >= 0.3 is 0 Å². The van der Waals surface area contributed by atoms with Gasteiger partial charge in [-0.05, 0) is 36.6 Å². The molecule has 5 nitrogen and oxygen atoms in total. The van der Waals surface area contributed by atoms with E-state index in [4.69, 9.17) is 4.52 Å². The van der Waals surface area contributed by atoms with Crippen LogP contribution < -0.4 is 10.6 Å². The predicted octanol–water partition coefficient (Wildman–Crippen LogP) is 2.03. The molecule has 1 heterocycles. The van der Waals surface area contributed by atoms with Crippen LogP contribution >= 0.6 is 0 Å². The number of aromatic nitrogens is 1. The van der Waals surface area contributed by atoms with Crippen LogP contribution in [-0.2, 0) is 13.0 Å². The maximum atomic E-state index is 13.0. The van der Waals surface area contributed by atoms with Crippen LogP contribution in [0.5, 0.6) is 0 Å². The third-order valence-corrected chi connectivity index (χ3v) is 3.14. The van der Waals surface area contributed by atoms with Crippen LogP contribution in [0.25, 0.3) is 0 Å². The van der Waals surface area contributed by atoms with Crippen LogP contribution in [0, 0.1) is 12.7 Å². The first kappa shape index (κ1) is 15.0. The maximum Gasteiger partial charge on any atom is 0.191 e. The lowest BCUT2D eigenvalue weighted by molar-refractivity contribution is 0.410. The molecular weight excluding hydrogens is 271 g/mol. The lowest BCUT2D eigenvalue weighted by Crippen LogP contribution is -2.38. The molecule has 2 rings (SSSR count). The topological polar surface area (TPSA) is 62.5 Å². The van der Waals surface area contributed by atoms with E-state index in [1.165, 1.54) is 12.3 Å². The molecule has 0 saturated carbocycles. The number of hydrogen-bond donors (Lipinski definition) is 2. The van der Waals surface area contributed by atoms with E-state index in [1.54, 1.807) is 19.2 Å². The number of aliphatic imine (C=N–C) groups is 1. The molecule has 1 aromatic heterocycles. The minimum absolute atomic E-state index is 0.200. The highest BCUT2D eigenvalue weighted by molar-refractivity contribution is 5.79. The summed E-state index contributed by atoms with van der Waals surface area (Å²) < 4.78 is 17.8. The van der Waals surface area contributed by atoms with Crippen LogP contribution in [-0.4, -0.2) is 24.7 Å². The molecule has 0 amide bonds. The van der Waals surface area contributed by atoms with Crippen molar-refractivity contribution in [2.45, 2.75) is 19.9 Å². The van der Waals surface area contributed by atoms with Crippen molar-refractivity contribution in [3.63, 3.8) is 0 Å². The number of guanidine groups is 1. The largest absolute Gasteiger partial charge is 0.364 e. The second-order valence-electron chi connectivity index (χ2n) is 4.66. The standard InChI is InChI=1S/C15H19FN4O/c1-11-9-13(16)4-3-12(11)5-7-18-15(17-2)19-10-14-6-8-21-20-14/h3-4,6,8-9H,5,7,10H2,1-2H3,(H2,17,18,19). The summed E-state index contributed by atoms with van der Waals surface area (Å²) in [6.45, 7) is 3.17. The van der Waals surface area contributed by atoms with Crippen molar-refractivity contribution >= 4 is 5.96 Å². The summed E-state index contributed by atoms with van der Waals surface area (Å²) in [4.78, 5) is 4.13. The average Bonchev–Trinajstić information content (AvgIpc) is 2.98. The summed E-state index contributed by atoms with van der Waals surface area (Å²) in [6, 6.07) is 6.65. The summed E-state index contributed by atoms with van der Waals surface area (Å²) in [7, 11) is 1.71. The SMILES string of the molecule is CN=C(NCCc1ccc(F)cc1C)NCc1ccon1. The fourth-order valence-electron chi connectivity index (χ4n) is 1.98. The molecule has 0 aliphatic heterocycles. The number of aryl methyl sites for hydroxylation is 1. The van der Waals surface area contributed by atoms with Crippen molar-refractivity contribution in [3.8, 4) is 0 Å². The molecule has 112 valence electrons. The van der Waals surface area contributed by atoms with Crippen molar-refractivity contribution in [1.29, 1.82) is 0 Å². The van der Waals surface area contributed by atoms with E-state index in [9.17, 15) is 4.39 Å². The molecule has 0 atom stereocenters. The van der Waals surface area contributed by atoms with Crippen LogP contribution in [0.1, 0.15) is 16.8 Å². The Balaban J connectivity index is 1.78. The van der Waals surface area contributed by atoms with Crippen molar-refractivity contribution in [2.24, 2.45) is 4.99 Å². The molecule has 0 fully saturated rings. The Morgan fingerprint density at radius 1 is 1.33 bits per heavy atom. The quantitative estimate of drug-likeness (QED) is 0.653. The van der Waals surface area contributed by atoms with E-state index in [2.05, 4.69) is 20.8 Å². The lowest BCUT2D eigenvalue weighted by Gasteiger charge is -2.11. The molecule has 0 radical (unpaired) electrons. The maximum absolute atomic E-state index is 13.0. The van der Waals surface area contributed by atoms with Gasteiger partial charge in [-0.1, -0.05) is 11.2 Å². The molecule has 0 saturated heterocycles. The van der Waals surface area contributed by atoms with Gasteiger partial charge in [0.05, 0.1) is 6.54 Å². The summed E-state index contributed by atoms with van der Waals surface area (Å²) in [5.41, 5.74) is 2.89. The fraction of sp³-hybridized carbons (Fsp3) is 0.333. The minimum Gasteiger partial charge on any atom is -0.364 e. The van der Waals surface area contributed by atoms with Crippen molar-refractivity contribution in [3.05, 3.63) is 53.2 Å². The van der Waals surface area contributed by atoms with E-state index >= 15 is 0 Å². The highest BCUT2D eigenvalue weighted by Gasteiger charge is 2.02. The van der Waals surface area contributed by atoms with E-state index in [0.29, 0.717) is 19.0 Å². The van der Waals surface area contributed by atoms with E-state index in [1.807, 2.05) is 13.0 Å². The molecule has 6 heteroatoms. The van der Waals surface area contributed by atoms with Crippen LogP contribution in [0.3, 0.4) is 0 Å². The van der Waals surface area contributed by atoms with Crippen LogP contribution in [0.2, 0.25) is 0 Å². The van der Waals surface area contributed by atoms with Gasteiger partial charge in [0.2, 0.25) is 0 Å². The van der Waals surface area contributed by atoms with Crippen molar-refractivity contribution < 1.29 is 8.91 Å². The van der Waals surface area contributed by atoms with E-state index < -0.39 is 0 Å². The van der Waals surface area contributed by atoms with Gasteiger partial charge in [-0.3, -0.25) is 4.99 Å². The molecule has 2 aromatic rings. The highest BCUT2D eigenvalue weighted by atomic mass is 19.1. The molecule has 0 aliphatic rings. The minimum atomic E-state index is -0.200. The first-order valence-electron chi connectivity index (χ1n) is 6.78. The highest BCUT2D eigenvalue weighted by Crippen LogP contribution is 2.10. The number of rotatable bonds is 5. The summed E-state index contributed by atoms with van der Waals surface area (Å²) in [6.07, 6.45) is 2.33. The number of nitrogens with one attached hydrogen (secondary N) is 2. The second kappa shape index (κ2) is 7.42. The third-order valence-electron chi connectivity index (χ3n) is 3.14. The van der Waals surface area contributed by atoms with Gasteiger partial charge in [-0.15, -0.1) is 0 Å². The average molecular weight is 290 g/mol. The third kappa shape index (κ3) is 4.59. The second-order valence-corrected chi connectivity index (χ2v) is 4.66. The molecule has 0 unspecified atom stereocenters. The first-order valence-corrected chi connectivity index (χ1v) is 6.78. The molecule has 21 heavy (non-hydrogen) atoms. The number of hydrogen-bond acceptors (Lipinski definition) is 3. The zero-order valence-corrected chi connectivity index (χ0v) is 12.2. The Hall–Kier alpha value is -2.37. The summed E-state index contributed by atoms with van der Waals surface area (Å²) in [5, 5.41) is 10.2. The van der Waals surface area contributed by atoms with Crippen molar-refractivity contribution in [2.75, 3.05) is 13.6 Å². The first-order chi connectivity index (χ1) is 10.2. The van der Waals surface area contributed by atoms with Gasteiger partial charge in [0.1, 0.15) is 17.8 Å². The molecule has 0 spiro atoms. The Kier molecular flexibility index (Phi) is 5.31. The molecular formula is C15H19FN4O. The van der Waals surface area contributed by atoms with E-state index in [-0.39, 0.29) is 5.82 Å². The molecule has 1 aromatic carbocycles. The Bertz CT molecular complexity index is 596. The number of nitrogens with zero attached hydrogens (tertiary/aromatic N) is 2. The van der Waals surface area contributed by atoms with Gasteiger partial charge in [0, 0.05) is 19.7 Å². The van der Waals surface area contributed by atoms with Crippen LogP contribution in [0.4, 0.5) is 4.39 Å². The predicted molar refractivity (Wildman–Crippen MR) is 79.5 cm³/mol. The zero-order chi connectivity index (χ0) is 15.1. The zero-order valence-electron chi connectivity index (χ0n) is 12.2. The van der Waals surface area contributed by atoms with Crippen LogP contribution in [0.15, 0.2) is 40.0 Å². The van der Waals surface area contributed by atoms with Gasteiger partial charge in [-0.2, -0.15) is 0 Å². The smallest absolute Gasteiger partial charge is 0.191 e. The van der Waals surface area contributed by atoms with E-state index in [0.717, 1.165) is 23.2 Å². The lowest BCUT2D eigenvalue weighted by atomic mass is 10.1.